The maximum atomic E-state index is 11.3. The van der Waals surface area contributed by atoms with Gasteiger partial charge < -0.3 is 10.4 Å². The van der Waals surface area contributed by atoms with E-state index in [1.54, 1.807) is 0 Å². The fourth-order valence-corrected chi connectivity index (χ4v) is 2.09. The van der Waals surface area contributed by atoms with Crippen LogP contribution in [0.1, 0.15) is 37.0 Å². The van der Waals surface area contributed by atoms with Crippen LogP contribution in [0.5, 0.6) is 0 Å². The Balaban J connectivity index is 2.68. The van der Waals surface area contributed by atoms with Crippen molar-refractivity contribution in [3.63, 3.8) is 0 Å². The molecule has 0 bridgehead atoms. The maximum absolute atomic E-state index is 11.3. The normalized spacial score (nSPS) is 14.7. The first-order valence-corrected chi connectivity index (χ1v) is 5.83. The highest BCUT2D eigenvalue weighted by Crippen LogP contribution is 2.20. The van der Waals surface area contributed by atoms with E-state index in [0.29, 0.717) is 0 Å². The summed E-state index contributed by atoms with van der Waals surface area (Å²) in [6.45, 7) is 5.35. The zero-order valence-electron chi connectivity index (χ0n) is 9.15. The Morgan fingerprint density at radius 3 is 2.80 bits per heavy atom. The number of aromatic nitrogens is 1. The van der Waals surface area contributed by atoms with E-state index in [1.807, 2.05) is 19.2 Å². The van der Waals surface area contributed by atoms with Crippen molar-refractivity contribution >= 4 is 17.2 Å². The summed E-state index contributed by atoms with van der Waals surface area (Å²) >= 11 is 1.53. The van der Waals surface area contributed by atoms with Crippen molar-refractivity contribution in [1.82, 2.24) is 10.3 Å². The van der Waals surface area contributed by atoms with Crippen LogP contribution >= 0.6 is 11.3 Å². The van der Waals surface area contributed by atoms with Gasteiger partial charge >= 0.3 is 0 Å². The Bertz CT molecular complexity index is 336. The number of aryl methyl sites for hydroxylation is 1. The number of rotatable bonds is 4. The second-order valence-electron chi connectivity index (χ2n) is 3.47. The first kappa shape index (κ1) is 12.1. The quantitative estimate of drug-likeness (QED) is 0.819. The van der Waals surface area contributed by atoms with Crippen molar-refractivity contribution < 1.29 is 9.90 Å². The molecule has 0 radical (unpaired) electrons. The van der Waals surface area contributed by atoms with Gasteiger partial charge in [0, 0.05) is 11.1 Å². The smallest absolute Gasteiger partial charge is 0.249 e. The molecule has 84 valence electrons. The van der Waals surface area contributed by atoms with Crippen molar-refractivity contribution in [3.8, 4) is 0 Å². The molecule has 0 spiro atoms. The van der Waals surface area contributed by atoms with E-state index in [1.165, 1.54) is 18.3 Å². The Hall–Kier alpha value is -0.940. The molecule has 0 saturated heterocycles. The van der Waals surface area contributed by atoms with E-state index in [4.69, 9.17) is 5.11 Å². The second-order valence-corrected chi connectivity index (χ2v) is 4.36. The van der Waals surface area contributed by atoms with Crippen LogP contribution in [0, 0.1) is 6.92 Å². The predicted molar refractivity (Wildman–Crippen MR) is 59.7 cm³/mol. The highest BCUT2D eigenvalue weighted by Gasteiger charge is 2.18. The van der Waals surface area contributed by atoms with Gasteiger partial charge in [0.1, 0.15) is 11.1 Å². The number of amides is 1. The second kappa shape index (κ2) is 5.23. The predicted octanol–water partition coefficient (Wildman–Crippen LogP) is 1.40. The van der Waals surface area contributed by atoms with Crippen molar-refractivity contribution in [3.05, 3.63) is 16.1 Å². The summed E-state index contributed by atoms with van der Waals surface area (Å²) in [7, 11) is 0. The first-order valence-electron chi connectivity index (χ1n) is 4.95. The van der Waals surface area contributed by atoms with Crippen molar-refractivity contribution in [2.75, 3.05) is 0 Å². The van der Waals surface area contributed by atoms with Crippen molar-refractivity contribution in [2.24, 2.45) is 0 Å². The number of carbonyl (C=O) groups is 1. The molecule has 1 rings (SSSR count). The number of nitrogens with one attached hydrogen (secondary N) is 1. The molecule has 2 unspecified atom stereocenters. The monoisotopic (exact) mass is 228 g/mol. The zero-order chi connectivity index (χ0) is 11.4. The van der Waals surface area contributed by atoms with E-state index in [-0.39, 0.29) is 11.9 Å². The molecule has 1 aromatic rings. The molecule has 2 atom stereocenters. The molecule has 0 fully saturated rings. The Kier molecular flexibility index (Phi) is 4.23. The molecule has 0 aliphatic heterocycles. The van der Waals surface area contributed by atoms with Gasteiger partial charge in [-0.2, -0.15) is 0 Å². The highest BCUT2D eigenvalue weighted by molar-refractivity contribution is 7.09. The molecule has 1 aromatic heterocycles. The molecule has 1 heterocycles. The zero-order valence-corrected chi connectivity index (χ0v) is 9.97. The Labute approximate surface area is 93.4 Å². The van der Waals surface area contributed by atoms with Crippen LogP contribution in [0.15, 0.2) is 5.38 Å². The van der Waals surface area contributed by atoms with Gasteiger partial charge in [0.15, 0.2) is 0 Å². The molecule has 0 aliphatic carbocycles. The average molecular weight is 228 g/mol. The third-order valence-corrected chi connectivity index (χ3v) is 3.12. The van der Waals surface area contributed by atoms with Gasteiger partial charge in [-0.3, -0.25) is 4.79 Å². The Morgan fingerprint density at radius 2 is 2.40 bits per heavy atom. The molecule has 2 N–H and O–H groups in total. The fraction of sp³-hybridized carbons (Fsp3) is 0.600. The topological polar surface area (TPSA) is 62.2 Å². The summed E-state index contributed by atoms with van der Waals surface area (Å²) < 4.78 is 0. The minimum absolute atomic E-state index is 0.0919. The average Bonchev–Trinajstić information content (AvgIpc) is 2.60. The summed E-state index contributed by atoms with van der Waals surface area (Å²) in [5.41, 5.74) is 0.958. The number of hydrogen-bond donors (Lipinski definition) is 2. The van der Waals surface area contributed by atoms with Gasteiger partial charge in [0.25, 0.3) is 0 Å². The van der Waals surface area contributed by atoms with Gasteiger partial charge in [0.05, 0.1) is 6.04 Å². The minimum Gasteiger partial charge on any atom is -0.384 e. The van der Waals surface area contributed by atoms with Gasteiger partial charge in [0.2, 0.25) is 5.91 Å². The summed E-state index contributed by atoms with van der Waals surface area (Å²) in [5.74, 6) is -0.352. The lowest BCUT2D eigenvalue weighted by atomic mass is 10.2. The molecule has 0 aliphatic rings. The fourth-order valence-electron chi connectivity index (χ4n) is 1.16. The first-order chi connectivity index (χ1) is 7.04. The van der Waals surface area contributed by atoms with E-state index >= 15 is 0 Å². The van der Waals surface area contributed by atoms with Gasteiger partial charge in [-0.15, -0.1) is 11.3 Å². The third kappa shape index (κ3) is 3.28. The standard InChI is InChI=1S/C10H16N2O2S/c1-4-8(12-9(14)7(3)13)10-11-6(2)5-15-10/h5,7-8,13H,4H2,1-3H3,(H,12,14). The van der Waals surface area contributed by atoms with E-state index in [9.17, 15) is 4.79 Å². The van der Waals surface area contributed by atoms with Crippen LogP contribution in [-0.2, 0) is 4.79 Å². The number of aliphatic hydroxyl groups is 1. The lowest BCUT2D eigenvalue weighted by molar-refractivity contribution is -0.129. The van der Waals surface area contributed by atoms with E-state index < -0.39 is 6.10 Å². The van der Waals surface area contributed by atoms with E-state index in [0.717, 1.165) is 17.1 Å². The number of thiazole rings is 1. The Morgan fingerprint density at radius 1 is 1.73 bits per heavy atom. The molecule has 15 heavy (non-hydrogen) atoms. The summed E-state index contributed by atoms with van der Waals surface area (Å²) in [6, 6.07) is -0.0919. The van der Waals surface area contributed by atoms with Crippen LogP contribution in [-0.4, -0.2) is 22.1 Å². The van der Waals surface area contributed by atoms with Crippen LogP contribution in [0.25, 0.3) is 0 Å². The summed E-state index contributed by atoms with van der Waals surface area (Å²) in [6.07, 6.45) is -0.203. The molecular weight excluding hydrogens is 212 g/mol. The SMILES string of the molecule is CCC(NC(=O)C(C)O)c1nc(C)cs1. The molecular formula is C10H16N2O2S. The number of nitrogens with zero attached hydrogens (tertiary/aromatic N) is 1. The molecule has 0 aromatic carbocycles. The van der Waals surface area contributed by atoms with Gasteiger partial charge in [-0.05, 0) is 20.3 Å². The highest BCUT2D eigenvalue weighted by atomic mass is 32.1. The third-order valence-electron chi connectivity index (χ3n) is 2.04. The largest absolute Gasteiger partial charge is 0.384 e. The molecule has 0 saturated carbocycles. The molecule has 4 nitrogen and oxygen atoms in total. The van der Waals surface area contributed by atoms with Crippen LogP contribution in [0.2, 0.25) is 0 Å². The minimum atomic E-state index is -0.972. The summed E-state index contributed by atoms with van der Waals surface area (Å²) in [4.78, 5) is 15.6. The van der Waals surface area contributed by atoms with Crippen LogP contribution in [0.4, 0.5) is 0 Å². The maximum Gasteiger partial charge on any atom is 0.249 e. The van der Waals surface area contributed by atoms with Gasteiger partial charge in [-0.25, -0.2) is 4.98 Å². The lowest BCUT2D eigenvalue weighted by Crippen LogP contribution is -2.35. The molecule has 1 amide bonds. The molecule has 5 heteroatoms. The van der Waals surface area contributed by atoms with Crippen molar-refractivity contribution in [2.45, 2.75) is 39.3 Å². The van der Waals surface area contributed by atoms with Crippen molar-refractivity contribution in [1.29, 1.82) is 0 Å². The number of carbonyl (C=O) groups excluding carboxylic acids is 1. The van der Waals surface area contributed by atoms with Crippen LogP contribution < -0.4 is 5.32 Å². The summed E-state index contributed by atoms with van der Waals surface area (Å²) in [5, 5.41) is 14.7. The van der Waals surface area contributed by atoms with Gasteiger partial charge in [-0.1, -0.05) is 6.92 Å². The number of aliphatic hydroxyl groups excluding tert-OH is 1. The van der Waals surface area contributed by atoms with E-state index in [2.05, 4.69) is 10.3 Å². The van der Waals surface area contributed by atoms with Crippen LogP contribution in [0.3, 0.4) is 0 Å². The number of hydrogen-bond acceptors (Lipinski definition) is 4. The lowest BCUT2D eigenvalue weighted by Gasteiger charge is -2.15.